The van der Waals surface area contributed by atoms with Crippen LogP contribution in [0.4, 0.5) is 5.69 Å². The summed E-state index contributed by atoms with van der Waals surface area (Å²) in [6, 6.07) is 21.8. The van der Waals surface area contributed by atoms with E-state index in [4.69, 9.17) is 23.2 Å². The van der Waals surface area contributed by atoms with Crippen molar-refractivity contribution in [2.24, 2.45) is 0 Å². The van der Waals surface area contributed by atoms with Gasteiger partial charge in [0, 0.05) is 16.5 Å². The molecule has 0 radical (unpaired) electrons. The minimum absolute atomic E-state index is 0.0115. The van der Waals surface area contributed by atoms with Gasteiger partial charge in [-0.05, 0) is 47.5 Å². The van der Waals surface area contributed by atoms with E-state index in [0.717, 1.165) is 0 Å². The highest BCUT2D eigenvalue weighted by molar-refractivity contribution is 7.93. The van der Waals surface area contributed by atoms with Crippen LogP contribution in [0, 0.1) is 11.3 Å². The van der Waals surface area contributed by atoms with Crippen LogP contribution in [0.25, 0.3) is 0 Å². The Morgan fingerprint density at radius 2 is 1.52 bits per heavy atom. The Morgan fingerprint density at radius 1 is 0.931 bits per heavy atom. The van der Waals surface area contributed by atoms with Gasteiger partial charge in [0.05, 0.1) is 22.7 Å². The van der Waals surface area contributed by atoms with Crippen molar-refractivity contribution < 1.29 is 8.42 Å². The molecule has 1 aliphatic heterocycles. The van der Waals surface area contributed by atoms with Gasteiger partial charge >= 0.3 is 0 Å². The third kappa shape index (κ3) is 3.28. The summed E-state index contributed by atoms with van der Waals surface area (Å²) in [7, 11) is -4.00. The van der Waals surface area contributed by atoms with Crippen LogP contribution >= 0.6 is 23.2 Å². The number of sulfone groups is 1. The van der Waals surface area contributed by atoms with Crippen molar-refractivity contribution in [2.45, 2.75) is 22.1 Å². The second-order valence-corrected chi connectivity index (χ2v) is 9.98. The summed E-state index contributed by atoms with van der Waals surface area (Å²) in [6.07, 6.45) is 0.0115. The number of fused-ring (bicyclic) bond motifs is 1. The SMILES string of the molecule is N#CC1(Cc2ccc(Cl)cc2)C(c2ccc(Cl)cc2)Nc2ccccc2S1(=O)=O. The van der Waals surface area contributed by atoms with Crippen LogP contribution in [0.15, 0.2) is 77.7 Å². The molecule has 1 aliphatic rings. The van der Waals surface area contributed by atoms with E-state index in [1.807, 2.05) is 0 Å². The molecule has 3 aromatic rings. The van der Waals surface area contributed by atoms with Gasteiger partial charge in [-0.3, -0.25) is 0 Å². The first kappa shape index (κ1) is 19.8. The summed E-state index contributed by atoms with van der Waals surface area (Å²) in [5.41, 5.74) is 1.86. The molecule has 7 heteroatoms. The topological polar surface area (TPSA) is 70.0 Å². The monoisotopic (exact) mass is 442 g/mol. The van der Waals surface area contributed by atoms with E-state index in [1.165, 1.54) is 6.07 Å². The number of para-hydroxylation sites is 1. The first-order chi connectivity index (χ1) is 13.9. The Morgan fingerprint density at radius 3 is 2.14 bits per heavy atom. The van der Waals surface area contributed by atoms with Gasteiger partial charge in [0.2, 0.25) is 9.84 Å². The zero-order valence-electron chi connectivity index (χ0n) is 15.1. The van der Waals surface area contributed by atoms with Crippen molar-refractivity contribution in [3.63, 3.8) is 0 Å². The summed E-state index contributed by atoms with van der Waals surface area (Å²) in [4.78, 5) is 0.126. The molecule has 0 saturated carbocycles. The van der Waals surface area contributed by atoms with Gasteiger partial charge in [-0.1, -0.05) is 59.6 Å². The standard InChI is InChI=1S/C22H16Cl2N2O2S/c23-17-9-5-15(6-10-17)13-22(14-25)21(16-7-11-18(24)12-8-16)26-19-3-1-2-4-20(19)29(22,27)28/h1-12,21,26H,13H2. The second-order valence-electron chi connectivity index (χ2n) is 6.93. The molecule has 146 valence electrons. The molecule has 0 bridgehead atoms. The summed E-state index contributed by atoms with van der Waals surface area (Å²) in [5, 5.41) is 14.7. The lowest BCUT2D eigenvalue weighted by Gasteiger charge is -2.40. The van der Waals surface area contributed by atoms with Gasteiger partial charge in [0.15, 0.2) is 4.75 Å². The molecule has 29 heavy (non-hydrogen) atoms. The van der Waals surface area contributed by atoms with Crippen molar-refractivity contribution in [1.29, 1.82) is 5.26 Å². The van der Waals surface area contributed by atoms with Crippen molar-refractivity contribution >= 4 is 38.7 Å². The van der Waals surface area contributed by atoms with Crippen LogP contribution < -0.4 is 5.32 Å². The summed E-state index contributed by atoms with van der Waals surface area (Å²) in [5.74, 6) is 0. The summed E-state index contributed by atoms with van der Waals surface area (Å²) in [6.45, 7) is 0. The zero-order valence-corrected chi connectivity index (χ0v) is 17.5. The lowest BCUT2D eigenvalue weighted by molar-refractivity contribution is 0.509. The molecule has 1 heterocycles. The first-order valence-electron chi connectivity index (χ1n) is 8.89. The fourth-order valence-electron chi connectivity index (χ4n) is 3.72. The molecule has 2 unspecified atom stereocenters. The highest BCUT2D eigenvalue weighted by Crippen LogP contribution is 2.47. The number of hydrogen-bond acceptors (Lipinski definition) is 4. The number of benzene rings is 3. The Bertz CT molecular complexity index is 1200. The molecule has 0 fully saturated rings. The maximum atomic E-state index is 13.8. The van der Waals surface area contributed by atoms with Crippen molar-refractivity contribution in [3.05, 3.63) is 94.0 Å². The highest BCUT2D eigenvalue weighted by Gasteiger charge is 2.56. The van der Waals surface area contributed by atoms with Gasteiger partial charge < -0.3 is 5.32 Å². The van der Waals surface area contributed by atoms with Crippen LogP contribution in [0.5, 0.6) is 0 Å². The fourth-order valence-corrected chi connectivity index (χ4v) is 6.02. The predicted molar refractivity (Wildman–Crippen MR) is 115 cm³/mol. The van der Waals surface area contributed by atoms with Gasteiger partial charge in [-0.2, -0.15) is 5.26 Å². The quantitative estimate of drug-likeness (QED) is 0.585. The van der Waals surface area contributed by atoms with E-state index in [-0.39, 0.29) is 11.3 Å². The van der Waals surface area contributed by atoms with Crippen molar-refractivity contribution in [1.82, 2.24) is 0 Å². The van der Waals surface area contributed by atoms with Crippen molar-refractivity contribution in [3.8, 4) is 6.07 Å². The molecule has 2 atom stereocenters. The Kier molecular flexibility index (Phi) is 5.04. The van der Waals surface area contributed by atoms with Gasteiger partial charge in [-0.25, -0.2) is 8.42 Å². The Hall–Kier alpha value is -2.52. The predicted octanol–water partition coefficient (Wildman–Crippen LogP) is 5.44. The third-order valence-corrected chi connectivity index (χ3v) is 8.06. The van der Waals surface area contributed by atoms with E-state index in [0.29, 0.717) is 26.9 Å². The highest BCUT2D eigenvalue weighted by atomic mass is 35.5. The van der Waals surface area contributed by atoms with E-state index < -0.39 is 20.6 Å². The van der Waals surface area contributed by atoms with Crippen LogP contribution in [0.1, 0.15) is 17.2 Å². The average Bonchev–Trinajstić information content (AvgIpc) is 2.72. The van der Waals surface area contributed by atoms with Crippen LogP contribution in [0.3, 0.4) is 0 Å². The number of anilines is 1. The lowest BCUT2D eigenvalue weighted by Crippen LogP contribution is -2.51. The van der Waals surface area contributed by atoms with E-state index in [1.54, 1.807) is 66.7 Å². The van der Waals surface area contributed by atoms with Gasteiger partial charge in [0.25, 0.3) is 0 Å². The number of nitrogens with one attached hydrogen (secondary N) is 1. The maximum Gasteiger partial charge on any atom is 0.202 e. The molecule has 0 aliphatic carbocycles. The Balaban J connectivity index is 1.95. The molecule has 4 nitrogen and oxygen atoms in total. The molecular formula is C22H16Cl2N2O2S. The zero-order chi connectivity index (χ0) is 20.6. The van der Waals surface area contributed by atoms with E-state index in [2.05, 4.69) is 11.4 Å². The maximum absolute atomic E-state index is 13.8. The van der Waals surface area contributed by atoms with Crippen LogP contribution in [0.2, 0.25) is 10.0 Å². The molecular weight excluding hydrogens is 427 g/mol. The molecule has 0 saturated heterocycles. The van der Waals surface area contributed by atoms with Gasteiger partial charge in [0.1, 0.15) is 0 Å². The molecule has 3 aromatic carbocycles. The number of nitriles is 1. The fraction of sp³-hybridized carbons (Fsp3) is 0.136. The molecule has 1 N–H and O–H groups in total. The number of halogens is 2. The second kappa shape index (κ2) is 7.38. The summed E-state index contributed by atoms with van der Waals surface area (Å²) < 4.78 is 25.8. The Labute approximate surface area is 179 Å². The normalized spacial score (nSPS) is 22.2. The molecule has 0 amide bonds. The molecule has 0 spiro atoms. The third-order valence-electron chi connectivity index (χ3n) is 5.19. The first-order valence-corrected chi connectivity index (χ1v) is 11.1. The number of nitrogens with zero attached hydrogens (tertiary/aromatic N) is 1. The van der Waals surface area contributed by atoms with E-state index in [9.17, 15) is 13.7 Å². The van der Waals surface area contributed by atoms with Crippen LogP contribution in [-0.2, 0) is 16.3 Å². The van der Waals surface area contributed by atoms with E-state index >= 15 is 0 Å². The van der Waals surface area contributed by atoms with Crippen molar-refractivity contribution in [2.75, 3.05) is 5.32 Å². The minimum atomic E-state index is -4.00. The number of hydrogen-bond donors (Lipinski definition) is 1. The smallest absolute Gasteiger partial charge is 0.202 e. The average molecular weight is 443 g/mol. The lowest BCUT2D eigenvalue weighted by atomic mass is 9.87. The molecule has 0 aromatic heterocycles. The van der Waals surface area contributed by atoms with Crippen LogP contribution in [-0.4, -0.2) is 13.2 Å². The number of rotatable bonds is 3. The molecule has 4 rings (SSSR count). The largest absolute Gasteiger partial charge is 0.374 e. The van der Waals surface area contributed by atoms with Gasteiger partial charge in [-0.15, -0.1) is 0 Å². The summed E-state index contributed by atoms with van der Waals surface area (Å²) >= 11 is 12.0. The minimum Gasteiger partial charge on any atom is -0.374 e.